The molecule has 35 heavy (non-hydrogen) atoms. The van der Waals surface area contributed by atoms with Gasteiger partial charge in [-0.15, -0.1) is 0 Å². The number of nitrogens with one attached hydrogen (secondary N) is 3. The maximum Gasteiger partial charge on any atom is 0.255 e. The predicted octanol–water partition coefficient (Wildman–Crippen LogP) is 3.53. The number of hydrogen-bond donors (Lipinski definition) is 5. The van der Waals surface area contributed by atoms with Gasteiger partial charge in [-0.25, -0.2) is 13.8 Å². The first kappa shape index (κ1) is 24.0. The minimum atomic E-state index is -0.872. The number of aromatic nitrogens is 2. The zero-order chi connectivity index (χ0) is 24.9. The van der Waals surface area contributed by atoms with E-state index in [1.165, 1.54) is 36.7 Å². The molecule has 0 radical (unpaired) electrons. The third kappa shape index (κ3) is 5.87. The van der Waals surface area contributed by atoms with Crippen LogP contribution in [0.25, 0.3) is 0 Å². The highest BCUT2D eigenvalue weighted by Gasteiger charge is 2.24. The molecule has 0 bridgehead atoms. The number of amides is 2. The molecule has 7 N–H and O–H groups in total. The van der Waals surface area contributed by atoms with E-state index in [1.807, 2.05) is 0 Å². The molecule has 3 aromatic rings. The van der Waals surface area contributed by atoms with Crippen molar-refractivity contribution in [2.24, 2.45) is 11.5 Å². The Bertz CT molecular complexity index is 1250. The monoisotopic (exact) mass is 481 g/mol. The van der Waals surface area contributed by atoms with Crippen LogP contribution in [0.5, 0.6) is 0 Å². The Hall–Kier alpha value is -4.12. The van der Waals surface area contributed by atoms with Gasteiger partial charge < -0.3 is 27.4 Å². The molecule has 1 saturated carbocycles. The maximum absolute atomic E-state index is 14.7. The number of primary amides is 1. The molecule has 1 unspecified atom stereocenters. The van der Waals surface area contributed by atoms with E-state index in [-0.39, 0.29) is 34.8 Å². The smallest absolute Gasteiger partial charge is 0.255 e. The molecule has 2 aromatic heterocycles. The van der Waals surface area contributed by atoms with Gasteiger partial charge in [-0.1, -0.05) is 18.9 Å². The largest absolute Gasteiger partial charge is 0.365 e. The van der Waals surface area contributed by atoms with Gasteiger partial charge in [0.05, 0.1) is 29.3 Å². The van der Waals surface area contributed by atoms with Crippen LogP contribution in [0.2, 0.25) is 0 Å². The summed E-state index contributed by atoms with van der Waals surface area (Å²) in [6.07, 6.45) is 6.41. The van der Waals surface area contributed by atoms with Crippen molar-refractivity contribution in [2.75, 3.05) is 16.0 Å². The molecule has 0 aliphatic heterocycles. The topological polar surface area (TPSA) is 148 Å². The third-order valence-electron chi connectivity index (χ3n) is 5.73. The third-order valence-corrected chi connectivity index (χ3v) is 5.73. The highest BCUT2D eigenvalue weighted by Crippen LogP contribution is 2.27. The van der Waals surface area contributed by atoms with Gasteiger partial charge in [0.25, 0.3) is 11.8 Å². The summed E-state index contributed by atoms with van der Waals surface area (Å²) in [4.78, 5) is 32.7. The van der Waals surface area contributed by atoms with E-state index in [9.17, 15) is 18.4 Å². The van der Waals surface area contributed by atoms with E-state index in [1.54, 1.807) is 0 Å². The lowest BCUT2D eigenvalue weighted by molar-refractivity contribution is 0.0997. The second kappa shape index (κ2) is 10.4. The normalized spacial score (nSPS) is 17.5. The number of pyridine rings is 2. The lowest BCUT2D eigenvalue weighted by Crippen LogP contribution is -2.43. The van der Waals surface area contributed by atoms with Gasteiger partial charge in [0.15, 0.2) is 11.6 Å². The van der Waals surface area contributed by atoms with Crippen molar-refractivity contribution in [1.82, 2.24) is 9.97 Å². The number of nitrogens with zero attached hydrogens (tertiary/aromatic N) is 2. The summed E-state index contributed by atoms with van der Waals surface area (Å²) < 4.78 is 28.1. The zero-order valence-corrected chi connectivity index (χ0v) is 18.7. The van der Waals surface area contributed by atoms with Gasteiger partial charge in [-0.05, 0) is 43.2 Å². The predicted molar refractivity (Wildman–Crippen MR) is 128 cm³/mol. The second-order valence-electron chi connectivity index (χ2n) is 8.33. The second-order valence-corrected chi connectivity index (χ2v) is 8.33. The summed E-state index contributed by atoms with van der Waals surface area (Å²) in [5, 5.41) is 8.58. The van der Waals surface area contributed by atoms with Crippen molar-refractivity contribution in [2.45, 2.75) is 37.8 Å². The molecule has 1 fully saturated rings. The lowest BCUT2D eigenvalue weighted by atomic mass is 9.91. The molecular formula is C24H25F2N7O2. The molecule has 4 rings (SSSR count). The number of halogens is 2. The summed E-state index contributed by atoms with van der Waals surface area (Å²) in [6.45, 7) is 0. The van der Waals surface area contributed by atoms with Gasteiger partial charge in [0, 0.05) is 17.6 Å². The van der Waals surface area contributed by atoms with E-state index in [4.69, 9.17) is 11.5 Å². The summed E-state index contributed by atoms with van der Waals surface area (Å²) in [5.74, 6) is -2.70. The Kier molecular flexibility index (Phi) is 7.16. The number of carbonyl (C=O) groups is 2. The first-order chi connectivity index (χ1) is 16.8. The van der Waals surface area contributed by atoms with E-state index in [2.05, 4.69) is 25.9 Å². The van der Waals surface area contributed by atoms with Crippen molar-refractivity contribution in [3.63, 3.8) is 0 Å². The zero-order valence-electron chi connectivity index (χ0n) is 18.7. The van der Waals surface area contributed by atoms with Gasteiger partial charge in [-0.3, -0.25) is 14.6 Å². The number of hydrogen-bond acceptors (Lipinski definition) is 7. The summed E-state index contributed by atoms with van der Waals surface area (Å²) in [5.41, 5.74) is 12.2. The average molecular weight is 482 g/mol. The summed E-state index contributed by atoms with van der Waals surface area (Å²) in [6, 6.07) is 7.50. The summed E-state index contributed by atoms with van der Waals surface area (Å²) in [7, 11) is 0. The molecule has 1 aliphatic carbocycles. The van der Waals surface area contributed by atoms with E-state index >= 15 is 0 Å². The average Bonchev–Trinajstić information content (AvgIpc) is 2.82. The van der Waals surface area contributed by atoms with Crippen LogP contribution >= 0.6 is 0 Å². The molecule has 9 nitrogen and oxygen atoms in total. The first-order valence-corrected chi connectivity index (χ1v) is 11.1. The van der Waals surface area contributed by atoms with Crippen molar-refractivity contribution < 1.29 is 18.4 Å². The molecule has 11 heteroatoms. The number of anilines is 4. The van der Waals surface area contributed by atoms with Crippen LogP contribution < -0.4 is 27.4 Å². The number of nitrogens with two attached hydrogens (primary N) is 2. The minimum absolute atomic E-state index is 0.0150. The lowest BCUT2D eigenvalue weighted by Gasteiger charge is -2.30. The number of rotatable bonds is 7. The van der Waals surface area contributed by atoms with Crippen molar-refractivity contribution in [3.8, 4) is 0 Å². The van der Waals surface area contributed by atoms with Crippen molar-refractivity contribution in [3.05, 3.63) is 71.6 Å². The van der Waals surface area contributed by atoms with Crippen molar-refractivity contribution >= 4 is 34.8 Å². The van der Waals surface area contributed by atoms with Crippen LogP contribution in [0.3, 0.4) is 0 Å². The molecule has 1 aliphatic rings. The SMILES string of the molecule is NC(=O)c1cc(F)c(NC2CCCC[C@@H]2N)nc1Nc1cncc(NC(=O)c2cccc(F)c2)c1. The number of benzene rings is 1. The number of carbonyl (C=O) groups excluding carboxylic acids is 2. The van der Waals surface area contributed by atoms with Crippen LogP contribution in [0.1, 0.15) is 46.4 Å². The van der Waals surface area contributed by atoms with Crippen molar-refractivity contribution in [1.29, 1.82) is 0 Å². The van der Waals surface area contributed by atoms with Gasteiger partial charge in [0.1, 0.15) is 11.6 Å². The molecule has 2 atom stereocenters. The van der Waals surface area contributed by atoms with Crippen LogP contribution in [0.15, 0.2) is 48.8 Å². The van der Waals surface area contributed by atoms with E-state index in [0.717, 1.165) is 37.8 Å². The van der Waals surface area contributed by atoms with Crippen LogP contribution in [0, 0.1) is 11.6 Å². The van der Waals surface area contributed by atoms with Crippen LogP contribution in [0.4, 0.5) is 31.8 Å². The highest BCUT2D eigenvalue weighted by molar-refractivity contribution is 6.04. The Balaban J connectivity index is 1.56. The quantitative estimate of drug-likeness (QED) is 0.347. The molecule has 0 spiro atoms. The fourth-order valence-corrected chi connectivity index (χ4v) is 3.93. The molecule has 182 valence electrons. The fraction of sp³-hybridized carbons (Fsp3) is 0.250. The fourth-order valence-electron chi connectivity index (χ4n) is 3.93. The van der Waals surface area contributed by atoms with Crippen LogP contribution in [-0.2, 0) is 0 Å². The van der Waals surface area contributed by atoms with Gasteiger partial charge in [-0.2, -0.15) is 0 Å². The first-order valence-electron chi connectivity index (χ1n) is 11.1. The molecular weight excluding hydrogens is 456 g/mol. The molecule has 2 amide bonds. The standard InChI is InChI=1S/C24H25F2N7O2/c25-14-5-3-4-13(8-14)24(35)31-16-9-15(11-29-12-16)30-22-17(21(28)34)10-18(26)23(33-22)32-20-7-2-1-6-19(20)27/h3-5,8-12,19-20H,1-2,6-7,27H2,(H2,28,34)(H,31,35)(H2,30,32,33)/t19-,20?/m0/s1. The van der Waals surface area contributed by atoms with E-state index in [0.29, 0.717) is 11.4 Å². The summed E-state index contributed by atoms with van der Waals surface area (Å²) >= 11 is 0. The molecule has 0 saturated heterocycles. The Morgan fingerprint density at radius 1 is 1.00 bits per heavy atom. The molecule has 2 heterocycles. The van der Waals surface area contributed by atoms with E-state index < -0.39 is 23.4 Å². The van der Waals surface area contributed by atoms with Crippen LogP contribution in [-0.4, -0.2) is 33.9 Å². The highest BCUT2D eigenvalue weighted by atomic mass is 19.1. The molecule has 1 aromatic carbocycles. The van der Waals surface area contributed by atoms with Gasteiger partial charge in [0.2, 0.25) is 0 Å². The Labute approximate surface area is 200 Å². The maximum atomic E-state index is 14.7. The van der Waals surface area contributed by atoms with Gasteiger partial charge >= 0.3 is 0 Å². The Morgan fingerprint density at radius 2 is 1.77 bits per heavy atom. The minimum Gasteiger partial charge on any atom is -0.365 e. The Morgan fingerprint density at radius 3 is 2.51 bits per heavy atom.